The van der Waals surface area contributed by atoms with E-state index in [-0.39, 0.29) is 5.04 Å². The largest absolute Gasteiger partial charge is 0.479 e. The van der Waals surface area contributed by atoms with Crippen molar-refractivity contribution in [3.63, 3.8) is 0 Å². The molecule has 0 unspecified atom stereocenters. The minimum Gasteiger partial charge on any atom is -0.479 e. The summed E-state index contributed by atoms with van der Waals surface area (Å²) in [7, 11) is -3.01. The SMILES string of the molecule is C=C[C@](C)(CCC=C(C)C)[C@@H](O[Si](c1ccccc1)(c1ccccc1)C(C)(C)C)C(=O)O. The van der Waals surface area contributed by atoms with Gasteiger partial charge >= 0.3 is 5.97 Å². The van der Waals surface area contributed by atoms with Crippen LogP contribution < -0.4 is 10.4 Å². The van der Waals surface area contributed by atoms with Gasteiger partial charge in [0, 0.05) is 5.41 Å². The van der Waals surface area contributed by atoms with Crippen molar-refractivity contribution in [2.45, 2.75) is 65.5 Å². The Bertz CT molecular complexity index is 885. The predicted molar refractivity (Wildman–Crippen MR) is 137 cm³/mol. The fourth-order valence-electron chi connectivity index (χ4n) is 4.35. The van der Waals surface area contributed by atoms with Crippen LogP contribution in [0.5, 0.6) is 0 Å². The summed E-state index contributed by atoms with van der Waals surface area (Å²) in [6.07, 6.45) is 4.32. The summed E-state index contributed by atoms with van der Waals surface area (Å²) >= 11 is 0. The number of allylic oxidation sites excluding steroid dienone is 2. The van der Waals surface area contributed by atoms with Crippen molar-refractivity contribution >= 4 is 24.7 Å². The first-order valence-corrected chi connectivity index (χ1v) is 13.2. The number of carboxylic acid groups (broad SMARTS) is 1. The molecule has 4 heteroatoms. The minimum absolute atomic E-state index is 0.300. The summed E-state index contributed by atoms with van der Waals surface area (Å²) in [5.74, 6) is -0.947. The van der Waals surface area contributed by atoms with E-state index in [1.807, 2.05) is 43.3 Å². The van der Waals surface area contributed by atoms with Crippen LogP contribution in [0.4, 0.5) is 0 Å². The molecule has 0 saturated carbocycles. The van der Waals surface area contributed by atoms with E-state index in [2.05, 4.69) is 71.5 Å². The molecule has 2 rings (SSSR count). The van der Waals surface area contributed by atoms with E-state index in [0.717, 1.165) is 16.8 Å². The molecule has 0 aromatic heterocycles. The summed E-state index contributed by atoms with van der Waals surface area (Å²) < 4.78 is 7.00. The zero-order valence-electron chi connectivity index (χ0n) is 20.4. The number of rotatable bonds is 10. The van der Waals surface area contributed by atoms with Gasteiger partial charge in [-0.05, 0) is 42.1 Å². The van der Waals surface area contributed by atoms with Crippen LogP contribution in [-0.2, 0) is 9.22 Å². The number of carbonyl (C=O) groups is 1. The number of hydrogen-bond acceptors (Lipinski definition) is 2. The molecule has 0 saturated heterocycles. The van der Waals surface area contributed by atoms with Crippen LogP contribution in [0.2, 0.25) is 5.04 Å². The highest BCUT2D eigenvalue weighted by Gasteiger charge is 2.54. The van der Waals surface area contributed by atoms with E-state index in [1.165, 1.54) is 5.57 Å². The van der Waals surface area contributed by atoms with Gasteiger partial charge in [0.25, 0.3) is 8.32 Å². The monoisotopic (exact) mass is 450 g/mol. The van der Waals surface area contributed by atoms with E-state index >= 15 is 0 Å². The Morgan fingerprint density at radius 3 is 1.81 bits per heavy atom. The predicted octanol–water partition coefficient (Wildman–Crippen LogP) is 5.95. The summed E-state index contributed by atoms with van der Waals surface area (Å²) in [5, 5.41) is 12.2. The molecule has 0 amide bonds. The quantitative estimate of drug-likeness (QED) is 0.359. The van der Waals surface area contributed by atoms with Crippen LogP contribution in [0.1, 0.15) is 54.4 Å². The highest BCUT2D eigenvalue weighted by atomic mass is 28.4. The standard InChI is InChI=1S/C28H38O3Si/c1-8-28(7,21-15-16-22(2)3)25(26(29)30)31-32(27(4,5)6,23-17-11-9-12-18-23)24-19-13-10-14-20-24/h8-14,16-20,25H,1,15,21H2,2-7H3,(H,29,30)/t25-,28+/m0/s1. The molecular weight excluding hydrogens is 412 g/mol. The van der Waals surface area contributed by atoms with Gasteiger partial charge in [0.2, 0.25) is 0 Å². The van der Waals surface area contributed by atoms with E-state index in [1.54, 1.807) is 6.08 Å². The van der Waals surface area contributed by atoms with Gasteiger partial charge in [-0.3, -0.25) is 0 Å². The number of benzene rings is 2. The maximum atomic E-state index is 12.7. The molecule has 172 valence electrons. The van der Waals surface area contributed by atoms with E-state index in [4.69, 9.17) is 4.43 Å². The van der Waals surface area contributed by atoms with E-state index < -0.39 is 25.8 Å². The second kappa shape index (κ2) is 10.5. The third-order valence-corrected chi connectivity index (χ3v) is 11.2. The van der Waals surface area contributed by atoms with Gasteiger partial charge in [-0.25, -0.2) is 4.79 Å². The molecule has 0 fully saturated rings. The Kier molecular flexibility index (Phi) is 8.44. The lowest BCUT2D eigenvalue weighted by Crippen LogP contribution is -2.69. The molecule has 32 heavy (non-hydrogen) atoms. The zero-order valence-corrected chi connectivity index (χ0v) is 21.4. The Labute approximate surface area is 195 Å². The molecular formula is C28H38O3Si. The molecule has 2 atom stereocenters. The highest BCUT2D eigenvalue weighted by Crippen LogP contribution is 2.41. The van der Waals surface area contributed by atoms with Gasteiger partial charge in [0.05, 0.1) is 0 Å². The smallest absolute Gasteiger partial charge is 0.332 e. The molecule has 0 radical (unpaired) electrons. The molecule has 2 aromatic rings. The van der Waals surface area contributed by atoms with Crippen LogP contribution in [0.25, 0.3) is 0 Å². The molecule has 0 aliphatic heterocycles. The Balaban J connectivity index is 2.71. The second-order valence-electron chi connectivity index (χ2n) is 10.0. The molecule has 0 spiro atoms. The summed E-state index contributed by atoms with van der Waals surface area (Å²) in [4.78, 5) is 12.7. The summed E-state index contributed by atoms with van der Waals surface area (Å²) in [5.41, 5.74) is 0.501. The van der Waals surface area contributed by atoms with Crippen molar-refractivity contribution < 1.29 is 14.3 Å². The summed E-state index contributed by atoms with van der Waals surface area (Å²) in [6.45, 7) is 16.6. The van der Waals surface area contributed by atoms with Gasteiger partial charge < -0.3 is 9.53 Å². The Morgan fingerprint density at radius 2 is 1.47 bits per heavy atom. The number of hydrogen-bond donors (Lipinski definition) is 1. The van der Waals surface area contributed by atoms with Crippen LogP contribution in [0.3, 0.4) is 0 Å². The fraction of sp³-hybridized carbons (Fsp3) is 0.393. The molecule has 0 aliphatic rings. The van der Waals surface area contributed by atoms with Crippen molar-refractivity contribution in [1.29, 1.82) is 0 Å². The van der Waals surface area contributed by atoms with Gasteiger partial charge in [-0.15, -0.1) is 6.58 Å². The molecule has 2 aromatic carbocycles. The van der Waals surface area contributed by atoms with Crippen molar-refractivity contribution in [2.75, 3.05) is 0 Å². The lowest BCUT2D eigenvalue weighted by atomic mass is 9.80. The topological polar surface area (TPSA) is 46.5 Å². The molecule has 0 aliphatic carbocycles. The number of aliphatic carboxylic acids is 1. The Hall–Kier alpha value is -2.43. The molecule has 0 bridgehead atoms. The van der Waals surface area contributed by atoms with Crippen LogP contribution in [0.15, 0.2) is 85.0 Å². The Morgan fingerprint density at radius 1 is 1.00 bits per heavy atom. The fourth-order valence-corrected chi connectivity index (χ4v) is 9.09. The third kappa shape index (κ3) is 5.48. The van der Waals surface area contributed by atoms with Crippen molar-refractivity contribution in [2.24, 2.45) is 5.41 Å². The number of carboxylic acids is 1. The first kappa shape index (κ1) is 25.8. The lowest BCUT2D eigenvalue weighted by Gasteiger charge is -2.47. The normalized spacial score (nSPS) is 14.8. The second-order valence-corrected chi connectivity index (χ2v) is 14.3. The minimum atomic E-state index is -3.01. The van der Waals surface area contributed by atoms with Crippen molar-refractivity contribution in [1.82, 2.24) is 0 Å². The maximum Gasteiger partial charge on any atom is 0.332 e. The van der Waals surface area contributed by atoms with Crippen LogP contribution >= 0.6 is 0 Å². The molecule has 1 N–H and O–H groups in total. The first-order chi connectivity index (χ1) is 15.0. The first-order valence-electron chi connectivity index (χ1n) is 11.3. The van der Waals surface area contributed by atoms with Gasteiger partial charge in [-0.1, -0.05) is 106 Å². The van der Waals surface area contributed by atoms with Crippen LogP contribution in [0, 0.1) is 5.41 Å². The van der Waals surface area contributed by atoms with E-state index in [0.29, 0.717) is 6.42 Å². The zero-order chi connectivity index (χ0) is 24.0. The summed E-state index contributed by atoms with van der Waals surface area (Å²) in [6, 6.07) is 20.3. The maximum absolute atomic E-state index is 12.7. The lowest BCUT2D eigenvalue weighted by molar-refractivity contribution is -0.150. The average molecular weight is 451 g/mol. The molecule has 3 nitrogen and oxygen atoms in total. The third-order valence-electron chi connectivity index (χ3n) is 6.24. The van der Waals surface area contributed by atoms with E-state index in [9.17, 15) is 9.90 Å². The van der Waals surface area contributed by atoms with Crippen molar-refractivity contribution in [3.8, 4) is 0 Å². The van der Waals surface area contributed by atoms with Gasteiger partial charge in [0.1, 0.15) is 0 Å². The molecule has 0 heterocycles. The van der Waals surface area contributed by atoms with Gasteiger partial charge in [0.15, 0.2) is 6.10 Å². The van der Waals surface area contributed by atoms with Crippen LogP contribution in [-0.4, -0.2) is 25.5 Å². The van der Waals surface area contributed by atoms with Gasteiger partial charge in [-0.2, -0.15) is 0 Å². The van der Waals surface area contributed by atoms with Crippen molar-refractivity contribution in [3.05, 3.63) is 85.0 Å². The highest BCUT2D eigenvalue weighted by molar-refractivity contribution is 6.99. The average Bonchev–Trinajstić information content (AvgIpc) is 2.74.